The molecule has 0 unspecified atom stereocenters. The van der Waals surface area contributed by atoms with E-state index in [1.807, 2.05) is 24.3 Å². The van der Waals surface area contributed by atoms with Gasteiger partial charge in [0.25, 0.3) is 0 Å². The molecular formula is C10H14N2O. The molecule has 0 aliphatic rings. The van der Waals surface area contributed by atoms with Gasteiger partial charge in [0, 0.05) is 12.6 Å². The summed E-state index contributed by atoms with van der Waals surface area (Å²) in [5.41, 5.74) is 6.28. The van der Waals surface area contributed by atoms with Gasteiger partial charge in [-0.25, -0.2) is 4.98 Å². The fourth-order valence-electron chi connectivity index (χ4n) is 0.898. The molecule has 0 radical (unpaired) electrons. The highest BCUT2D eigenvalue weighted by Gasteiger charge is 1.95. The van der Waals surface area contributed by atoms with Crippen molar-refractivity contribution in [2.45, 2.75) is 13.0 Å². The number of hydrogen-bond acceptors (Lipinski definition) is 3. The Hall–Kier alpha value is -1.35. The minimum atomic E-state index is 0.443. The molecule has 0 fully saturated rings. The van der Waals surface area contributed by atoms with Crippen LogP contribution in [0.3, 0.4) is 0 Å². The molecule has 0 aliphatic carbocycles. The predicted molar refractivity (Wildman–Crippen MR) is 52.4 cm³/mol. The molecule has 0 aromatic carbocycles. The van der Waals surface area contributed by atoms with Gasteiger partial charge in [-0.3, -0.25) is 0 Å². The summed E-state index contributed by atoms with van der Waals surface area (Å²) in [4.78, 5) is 4.18. The second kappa shape index (κ2) is 5.32. The first-order valence-electron chi connectivity index (χ1n) is 4.26. The SMILES string of the molecule is C=CCCOc1cccc(CN)n1. The fraction of sp³-hybridized carbons (Fsp3) is 0.300. The van der Waals surface area contributed by atoms with Gasteiger partial charge in [-0.15, -0.1) is 6.58 Å². The summed E-state index contributed by atoms with van der Waals surface area (Å²) in [5, 5.41) is 0. The van der Waals surface area contributed by atoms with Gasteiger partial charge in [0.1, 0.15) is 0 Å². The smallest absolute Gasteiger partial charge is 0.213 e. The molecule has 3 heteroatoms. The topological polar surface area (TPSA) is 48.1 Å². The molecule has 2 N–H and O–H groups in total. The molecule has 0 amide bonds. The molecule has 0 spiro atoms. The second-order valence-corrected chi connectivity index (χ2v) is 2.60. The van der Waals surface area contributed by atoms with Crippen LogP contribution in [0.1, 0.15) is 12.1 Å². The van der Waals surface area contributed by atoms with Crippen molar-refractivity contribution in [2.75, 3.05) is 6.61 Å². The van der Waals surface area contributed by atoms with Crippen LogP contribution < -0.4 is 10.5 Å². The van der Waals surface area contributed by atoms with E-state index in [1.54, 1.807) is 0 Å². The molecule has 13 heavy (non-hydrogen) atoms. The van der Waals surface area contributed by atoms with E-state index >= 15 is 0 Å². The van der Waals surface area contributed by atoms with Crippen LogP contribution in [0.4, 0.5) is 0 Å². The Morgan fingerprint density at radius 1 is 1.54 bits per heavy atom. The van der Waals surface area contributed by atoms with Gasteiger partial charge in [0.15, 0.2) is 0 Å². The molecule has 0 aliphatic heterocycles. The lowest BCUT2D eigenvalue weighted by Crippen LogP contribution is -2.02. The van der Waals surface area contributed by atoms with Crippen molar-refractivity contribution in [2.24, 2.45) is 5.73 Å². The Bertz CT molecular complexity index is 273. The Kier molecular flexibility index (Phi) is 3.99. The summed E-state index contributed by atoms with van der Waals surface area (Å²) in [7, 11) is 0. The van der Waals surface area contributed by atoms with E-state index in [-0.39, 0.29) is 0 Å². The molecule has 1 rings (SSSR count). The van der Waals surface area contributed by atoms with Gasteiger partial charge < -0.3 is 10.5 Å². The lowest BCUT2D eigenvalue weighted by molar-refractivity contribution is 0.311. The highest BCUT2D eigenvalue weighted by atomic mass is 16.5. The highest BCUT2D eigenvalue weighted by Crippen LogP contribution is 2.07. The second-order valence-electron chi connectivity index (χ2n) is 2.60. The lowest BCUT2D eigenvalue weighted by atomic mass is 10.3. The minimum absolute atomic E-state index is 0.443. The molecule has 1 aromatic rings. The summed E-state index contributed by atoms with van der Waals surface area (Å²) in [6, 6.07) is 5.58. The first-order chi connectivity index (χ1) is 6.36. The Morgan fingerprint density at radius 2 is 2.38 bits per heavy atom. The highest BCUT2D eigenvalue weighted by molar-refractivity contribution is 5.15. The maximum absolute atomic E-state index is 5.44. The quantitative estimate of drug-likeness (QED) is 0.549. The number of hydrogen-bond donors (Lipinski definition) is 1. The standard InChI is InChI=1S/C10H14N2O/c1-2-3-7-13-10-6-4-5-9(8-11)12-10/h2,4-6H,1,3,7-8,11H2. The summed E-state index contributed by atoms with van der Waals surface area (Å²) >= 11 is 0. The van der Waals surface area contributed by atoms with Crippen LogP contribution in [0.25, 0.3) is 0 Å². The average molecular weight is 178 g/mol. The van der Waals surface area contributed by atoms with Crippen molar-refractivity contribution >= 4 is 0 Å². The fourth-order valence-corrected chi connectivity index (χ4v) is 0.898. The van der Waals surface area contributed by atoms with Crippen molar-refractivity contribution in [3.8, 4) is 5.88 Å². The largest absolute Gasteiger partial charge is 0.477 e. The lowest BCUT2D eigenvalue weighted by Gasteiger charge is -2.04. The van der Waals surface area contributed by atoms with E-state index < -0.39 is 0 Å². The third-order valence-corrected chi connectivity index (χ3v) is 1.56. The number of pyridine rings is 1. The molecule has 0 saturated heterocycles. The monoisotopic (exact) mass is 178 g/mol. The summed E-state index contributed by atoms with van der Waals surface area (Å²) in [5.74, 6) is 0.629. The van der Waals surface area contributed by atoms with Gasteiger partial charge >= 0.3 is 0 Å². The molecule has 70 valence electrons. The van der Waals surface area contributed by atoms with Crippen LogP contribution in [0.15, 0.2) is 30.9 Å². The van der Waals surface area contributed by atoms with Crippen LogP contribution in [0.5, 0.6) is 5.88 Å². The normalized spacial score (nSPS) is 9.62. The van der Waals surface area contributed by atoms with Gasteiger partial charge in [-0.1, -0.05) is 12.1 Å². The van der Waals surface area contributed by atoms with Gasteiger partial charge in [-0.05, 0) is 12.5 Å². The first kappa shape index (κ1) is 9.74. The molecule has 0 bridgehead atoms. The summed E-state index contributed by atoms with van der Waals surface area (Å²) in [6.07, 6.45) is 2.64. The number of aromatic nitrogens is 1. The van der Waals surface area contributed by atoms with E-state index in [9.17, 15) is 0 Å². The minimum Gasteiger partial charge on any atom is -0.477 e. The zero-order valence-electron chi connectivity index (χ0n) is 7.57. The average Bonchev–Trinajstić information content (AvgIpc) is 2.19. The third kappa shape index (κ3) is 3.25. The maximum atomic E-state index is 5.44. The number of nitrogens with two attached hydrogens (primary N) is 1. The van der Waals surface area contributed by atoms with Crippen LogP contribution >= 0.6 is 0 Å². The van der Waals surface area contributed by atoms with E-state index in [0.29, 0.717) is 19.0 Å². The molecule has 3 nitrogen and oxygen atoms in total. The van der Waals surface area contributed by atoms with Crippen LogP contribution in [-0.4, -0.2) is 11.6 Å². The number of ether oxygens (including phenoxy) is 1. The molecule has 1 heterocycles. The van der Waals surface area contributed by atoms with Crippen molar-refractivity contribution in [1.82, 2.24) is 4.98 Å². The van der Waals surface area contributed by atoms with Crippen molar-refractivity contribution in [3.63, 3.8) is 0 Å². The van der Waals surface area contributed by atoms with Crippen molar-refractivity contribution in [1.29, 1.82) is 0 Å². The Morgan fingerprint density at radius 3 is 3.08 bits per heavy atom. The number of rotatable bonds is 5. The number of nitrogens with zero attached hydrogens (tertiary/aromatic N) is 1. The molecule has 0 atom stereocenters. The van der Waals surface area contributed by atoms with E-state index in [1.165, 1.54) is 0 Å². The van der Waals surface area contributed by atoms with Gasteiger partial charge in [0.05, 0.1) is 12.3 Å². The van der Waals surface area contributed by atoms with Crippen molar-refractivity contribution in [3.05, 3.63) is 36.5 Å². The van der Waals surface area contributed by atoms with Crippen LogP contribution in [0.2, 0.25) is 0 Å². The van der Waals surface area contributed by atoms with Crippen LogP contribution in [0, 0.1) is 0 Å². The van der Waals surface area contributed by atoms with Crippen molar-refractivity contribution < 1.29 is 4.74 Å². The molecular weight excluding hydrogens is 164 g/mol. The Balaban J connectivity index is 2.50. The van der Waals surface area contributed by atoms with Crippen LogP contribution in [-0.2, 0) is 6.54 Å². The van der Waals surface area contributed by atoms with Gasteiger partial charge in [-0.2, -0.15) is 0 Å². The van der Waals surface area contributed by atoms with E-state index in [4.69, 9.17) is 10.5 Å². The molecule has 1 aromatic heterocycles. The zero-order valence-corrected chi connectivity index (χ0v) is 7.57. The Labute approximate surface area is 78.2 Å². The third-order valence-electron chi connectivity index (χ3n) is 1.56. The predicted octanol–water partition coefficient (Wildman–Crippen LogP) is 1.50. The first-order valence-corrected chi connectivity index (χ1v) is 4.26. The van der Waals surface area contributed by atoms with Gasteiger partial charge in [0.2, 0.25) is 5.88 Å². The van der Waals surface area contributed by atoms with E-state index in [2.05, 4.69) is 11.6 Å². The summed E-state index contributed by atoms with van der Waals surface area (Å²) in [6.45, 7) is 4.66. The zero-order chi connectivity index (χ0) is 9.52. The maximum Gasteiger partial charge on any atom is 0.213 e. The van der Waals surface area contributed by atoms with E-state index in [0.717, 1.165) is 12.1 Å². The molecule has 0 saturated carbocycles. The summed E-state index contributed by atoms with van der Waals surface area (Å²) < 4.78 is 5.35.